The summed E-state index contributed by atoms with van der Waals surface area (Å²) in [5.41, 5.74) is 6.03. The third kappa shape index (κ3) is 7.50. The molecule has 1 saturated carbocycles. The smallest absolute Gasteiger partial charge is 0.245 e. The van der Waals surface area contributed by atoms with Crippen LogP contribution in [0.1, 0.15) is 35.1 Å². The topological polar surface area (TPSA) is 102 Å². The van der Waals surface area contributed by atoms with Gasteiger partial charge in [0.1, 0.15) is 6.04 Å². The molecule has 1 unspecified atom stereocenters. The van der Waals surface area contributed by atoms with Gasteiger partial charge in [0, 0.05) is 45.7 Å². The molecule has 238 valence electrons. The number of nitrogens with zero attached hydrogens (tertiary/aromatic N) is 3. The van der Waals surface area contributed by atoms with Crippen LogP contribution in [0, 0.1) is 12.8 Å². The number of amides is 2. The number of rotatable bonds is 10. The SMILES string of the molecule is Cc1ccc(C[C@@H](NC(=O)C2Cc3ccccc3CN2)C(=O)N2CCN(c3ccccc3N(CC3CC3)S(C)(=O)=O)CC2)cc1. The van der Waals surface area contributed by atoms with Gasteiger partial charge in [-0.15, -0.1) is 0 Å². The van der Waals surface area contributed by atoms with Crippen LogP contribution >= 0.6 is 0 Å². The third-order valence-electron chi connectivity index (χ3n) is 9.18. The minimum absolute atomic E-state index is 0.0976. The van der Waals surface area contributed by atoms with Gasteiger partial charge in [0.2, 0.25) is 21.8 Å². The summed E-state index contributed by atoms with van der Waals surface area (Å²) in [6.07, 6.45) is 4.37. The number of aryl methyl sites for hydroxylation is 1. The first kappa shape index (κ1) is 31.1. The molecule has 10 heteroatoms. The van der Waals surface area contributed by atoms with Crippen molar-refractivity contribution in [3.63, 3.8) is 0 Å². The minimum Gasteiger partial charge on any atom is -0.366 e. The summed E-state index contributed by atoms with van der Waals surface area (Å²) in [6.45, 7) is 5.22. The maximum atomic E-state index is 14.0. The molecule has 3 aromatic rings. The van der Waals surface area contributed by atoms with Gasteiger partial charge < -0.3 is 20.4 Å². The van der Waals surface area contributed by atoms with Crippen molar-refractivity contribution in [2.45, 2.75) is 51.2 Å². The summed E-state index contributed by atoms with van der Waals surface area (Å²) in [5, 5.41) is 6.45. The van der Waals surface area contributed by atoms with Gasteiger partial charge in [0.15, 0.2) is 0 Å². The van der Waals surface area contributed by atoms with Crippen molar-refractivity contribution in [2.75, 3.05) is 48.2 Å². The zero-order valence-corrected chi connectivity index (χ0v) is 26.9. The number of anilines is 2. The van der Waals surface area contributed by atoms with Crippen molar-refractivity contribution in [3.05, 3.63) is 95.1 Å². The fraction of sp³-hybridized carbons (Fsp3) is 0.429. The van der Waals surface area contributed by atoms with Crippen LogP contribution in [0.4, 0.5) is 11.4 Å². The van der Waals surface area contributed by atoms with E-state index in [4.69, 9.17) is 0 Å². The molecule has 2 atom stereocenters. The van der Waals surface area contributed by atoms with E-state index in [1.54, 1.807) is 4.31 Å². The number of hydrogen-bond acceptors (Lipinski definition) is 6. The first-order valence-corrected chi connectivity index (χ1v) is 17.8. The van der Waals surface area contributed by atoms with Gasteiger partial charge in [-0.25, -0.2) is 8.42 Å². The Labute approximate surface area is 266 Å². The Morgan fingerprint density at radius 2 is 1.60 bits per heavy atom. The molecule has 2 aliphatic heterocycles. The first-order valence-electron chi connectivity index (χ1n) is 15.9. The second-order valence-corrected chi connectivity index (χ2v) is 14.6. The van der Waals surface area contributed by atoms with E-state index in [2.05, 4.69) is 27.7 Å². The highest BCUT2D eigenvalue weighted by Crippen LogP contribution is 2.37. The first-order chi connectivity index (χ1) is 21.7. The highest BCUT2D eigenvalue weighted by molar-refractivity contribution is 7.92. The molecule has 45 heavy (non-hydrogen) atoms. The molecule has 3 aliphatic rings. The molecule has 2 amide bonds. The molecule has 3 aromatic carbocycles. The van der Waals surface area contributed by atoms with Crippen molar-refractivity contribution >= 4 is 33.2 Å². The van der Waals surface area contributed by atoms with Gasteiger partial charge in [0.05, 0.1) is 23.7 Å². The van der Waals surface area contributed by atoms with Crippen LogP contribution in [0.25, 0.3) is 0 Å². The second-order valence-electron chi connectivity index (χ2n) is 12.7. The monoisotopic (exact) mass is 629 g/mol. The number of nitrogens with one attached hydrogen (secondary N) is 2. The Morgan fingerprint density at radius 1 is 0.933 bits per heavy atom. The molecule has 2 fully saturated rings. The number of carbonyl (C=O) groups excluding carboxylic acids is 2. The highest BCUT2D eigenvalue weighted by Gasteiger charge is 2.34. The Bertz CT molecular complexity index is 1630. The Balaban J connectivity index is 1.16. The van der Waals surface area contributed by atoms with Gasteiger partial charge in [-0.3, -0.25) is 13.9 Å². The van der Waals surface area contributed by atoms with E-state index in [9.17, 15) is 18.0 Å². The fourth-order valence-electron chi connectivity index (χ4n) is 6.35. The van der Waals surface area contributed by atoms with E-state index < -0.39 is 22.1 Å². The van der Waals surface area contributed by atoms with Gasteiger partial charge in [0.25, 0.3) is 0 Å². The molecule has 9 nitrogen and oxygen atoms in total. The van der Waals surface area contributed by atoms with E-state index in [1.807, 2.05) is 72.5 Å². The number of hydrogen-bond donors (Lipinski definition) is 2. The summed E-state index contributed by atoms with van der Waals surface area (Å²) < 4.78 is 27.1. The van der Waals surface area contributed by atoms with Crippen LogP contribution in [-0.2, 0) is 39.0 Å². The molecule has 2 heterocycles. The highest BCUT2D eigenvalue weighted by atomic mass is 32.2. The predicted molar refractivity (Wildman–Crippen MR) is 178 cm³/mol. The second kappa shape index (κ2) is 13.2. The minimum atomic E-state index is -3.44. The van der Waals surface area contributed by atoms with E-state index in [-0.39, 0.29) is 11.8 Å². The van der Waals surface area contributed by atoms with Crippen molar-refractivity contribution in [3.8, 4) is 0 Å². The van der Waals surface area contributed by atoms with Gasteiger partial charge in [-0.1, -0.05) is 66.2 Å². The van der Waals surface area contributed by atoms with Crippen LogP contribution in [-0.4, -0.2) is 76.2 Å². The van der Waals surface area contributed by atoms with E-state index in [1.165, 1.54) is 11.8 Å². The molecule has 2 N–H and O–H groups in total. The van der Waals surface area contributed by atoms with E-state index >= 15 is 0 Å². The number of sulfonamides is 1. The molecule has 1 saturated heterocycles. The number of fused-ring (bicyclic) bond motifs is 1. The van der Waals surface area contributed by atoms with Crippen molar-refractivity contribution < 1.29 is 18.0 Å². The summed E-state index contributed by atoms with van der Waals surface area (Å²) in [4.78, 5) is 31.6. The van der Waals surface area contributed by atoms with Gasteiger partial charge in [-0.2, -0.15) is 0 Å². The lowest BCUT2D eigenvalue weighted by molar-refractivity contribution is -0.137. The maximum Gasteiger partial charge on any atom is 0.245 e. The molecule has 0 spiro atoms. The summed E-state index contributed by atoms with van der Waals surface area (Å²) in [7, 11) is -3.44. The predicted octanol–water partition coefficient (Wildman–Crippen LogP) is 3.26. The van der Waals surface area contributed by atoms with Crippen molar-refractivity contribution in [2.24, 2.45) is 5.92 Å². The fourth-order valence-corrected chi connectivity index (χ4v) is 7.34. The van der Waals surface area contributed by atoms with Crippen LogP contribution < -0.4 is 19.8 Å². The largest absolute Gasteiger partial charge is 0.366 e. The number of para-hydroxylation sites is 2. The maximum absolute atomic E-state index is 14.0. The average molecular weight is 630 g/mol. The van der Waals surface area contributed by atoms with Gasteiger partial charge >= 0.3 is 0 Å². The van der Waals surface area contributed by atoms with Crippen LogP contribution in [0.3, 0.4) is 0 Å². The summed E-state index contributed by atoms with van der Waals surface area (Å²) >= 11 is 0. The van der Waals surface area contributed by atoms with Gasteiger partial charge in [-0.05, 0) is 60.9 Å². The van der Waals surface area contributed by atoms with Crippen LogP contribution in [0.2, 0.25) is 0 Å². The zero-order valence-electron chi connectivity index (χ0n) is 26.1. The van der Waals surface area contributed by atoms with E-state index in [0.717, 1.165) is 35.2 Å². The standard InChI is InChI=1S/C35H43N5O4S/c1-25-11-13-26(14-12-25)21-31(37-34(41)30-22-28-7-3-4-8-29(28)23-36-30)35(42)39-19-17-38(18-20-39)32-9-5-6-10-33(32)40(45(2,43)44)24-27-15-16-27/h3-14,27,30-31,36H,15-24H2,1-2H3,(H,37,41)/t30?,31-/m1/s1. The Kier molecular flexibility index (Phi) is 9.14. The lowest BCUT2D eigenvalue weighted by Gasteiger charge is -2.39. The average Bonchev–Trinajstić information content (AvgIpc) is 3.88. The van der Waals surface area contributed by atoms with Crippen LogP contribution in [0.5, 0.6) is 0 Å². The van der Waals surface area contributed by atoms with Crippen molar-refractivity contribution in [1.82, 2.24) is 15.5 Å². The van der Waals surface area contributed by atoms with Crippen LogP contribution in [0.15, 0.2) is 72.8 Å². The molecule has 0 radical (unpaired) electrons. The van der Waals surface area contributed by atoms with E-state index in [0.29, 0.717) is 63.7 Å². The molecule has 0 bridgehead atoms. The lowest BCUT2D eigenvalue weighted by Crippen LogP contribution is -2.58. The normalized spacial score (nSPS) is 19.0. The summed E-state index contributed by atoms with van der Waals surface area (Å²) in [5.74, 6) is 0.139. The molecule has 1 aliphatic carbocycles. The molecule has 0 aromatic heterocycles. The zero-order chi connectivity index (χ0) is 31.6. The number of carbonyl (C=O) groups is 2. The Morgan fingerprint density at radius 3 is 2.29 bits per heavy atom. The molecular formula is C35H43N5O4S. The lowest BCUT2D eigenvalue weighted by atomic mass is 9.95. The Hall–Kier alpha value is -3.89. The van der Waals surface area contributed by atoms with Crippen molar-refractivity contribution in [1.29, 1.82) is 0 Å². The number of benzene rings is 3. The molecule has 6 rings (SSSR count). The summed E-state index contributed by atoms with van der Waals surface area (Å²) in [6, 6.07) is 22.8. The quantitative estimate of drug-likeness (QED) is 0.357. The number of piperazine rings is 1. The third-order valence-corrected chi connectivity index (χ3v) is 10.3. The molecular weight excluding hydrogens is 586 g/mol.